The molecule has 0 amide bonds. The van der Waals surface area contributed by atoms with Gasteiger partial charge in [-0.1, -0.05) is 109 Å². The van der Waals surface area contributed by atoms with Crippen LogP contribution in [0.4, 0.5) is 87.7 Å². The second kappa shape index (κ2) is 19.4. The first-order chi connectivity index (χ1) is 38.7. The Morgan fingerprint density at radius 3 is 0.936 bits per heavy atom. The van der Waals surface area contributed by atoms with E-state index in [1.54, 1.807) is 14.7 Å². The van der Waals surface area contributed by atoms with Gasteiger partial charge in [-0.3, -0.25) is 9.80 Å². The minimum atomic E-state index is 0.172. The van der Waals surface area contributed by atoms with Crippen LogP contribution in [0.15, 0.2) is 232 Å². The van der Waals surface area contributed by atoms with Gasteiger partial charge in [0.15, 0.2) is 0 Å². The molecule has 14 rings (SSSR count). The Balaban J connectivity index is 1.05. The average molecular weight is 1020 g/mol. The fraction of sp³-hybridized carbons (Fsp3) is 0. The summed E-state index contributed by atoms with van der Waals surface area (Å²) in [6.07, 6.45) is 7.25. The van der Waals surface area contributed by atoms with Crippen molar-refractivity contribution in [1.82, 2.24) is 74.3 Å². The Morgan fingerprint density at radius 1 is 0.218 bits per heavy atom. The van der Waals surface area contributed by atoms with Crippen molar-refractivity contribution in [3.05, 3.63) is 232 Å². The molecule has 1 aliphatic rings. The Kier molecular flexibility index (Phi) is 11.2. The van der Waals surface area contributed by atoms with Crippen LogP contribution in [-0.2, 0) is 0 Å². The predicted octanol–water partition coefficient (Wildman–Crippen LogP) is 12.0. The van der Waals surface area contributed by atoms with E-state index < -0.39 is 0 Å². The molecule has 13 aromatic rings. The number of hydrogen-bond donors (Lipinski definition) is 0. The molecule has 7 aromatic carbocycles. The highest BCUT2D eigenvalue weighted by molar-refractivity contribution is 6.10. The average Bonchev–Trinajstić information content (AvgIpc) is 3.89. The Labute approximate surface area is 444 Å². The lowest BCUT2D eigenvalue weighted by Gasteiger charge is -2.27. The van der Waals surface area contributed by atoms with Crippen LogP contribution in [0.25, 0.3) is 27.5 Å². The monoisotopic (exact) mass is 1010 g/mol. The van der Waals surface area contributed by atoms with Gasteiger partial charge in [0.05, 0.1) is 39.5 Å². The molecular weight excluding hydrogens is 977 g/mol. The maximum atomic E-state index is 5.28. The number of anilines is 15. The summed E-state index contributed by atoms with van der Waals surface area (Å²) >= 11 is 0. The van der Waals surface area contributed by atoms with Crippen molar-refractivity contribution in [2.45, 2.75) is 0 Å². The molecule has 20 nitrogen and oxygen atoms in total. The molecule has 0 fully saturated rings. The fourth-order valence-electron chi connectivity index (χ4n) is 9.49. The van der Waals surface area contributed by atoms with Crippen LogP contribution in [0.3, 0.4) is 0 Å². The molecule has 6 aromatic heterocycles. The van der Waals surface area contributed by atoms with E-state index in [4.69, 9.17) is 69.8 Å². The van der Waals surface area contributed by atoms with E-state index >= 15 is 0 Å². The number of para-hydroxylation sites is 6. The first kappa shape index (κ1) is 45.1. The van der Waals surface area contributed by atoms with Gasteiger partial charge in [0, 0.05) is 22.5 Å². The van der Waals surface area contributed by atoms with Gasteiger partial charge in [0.1, 0.15) is 43.3 Å². The molecular formula is C58H38N20. The third kappa shape index (κ3) is 8.15. The lowest BCUT2D eigenvalue weighted by molar-refractivity contribution is 0.903. The lowest BCUT2D eigenvalue weighted by Crippen LogP contribution is -2.24. The summed E-state index contributed by atoms with van der Waals surface area (Å²) in [6, 6.07) is 65.2. The fourth-order valence-corrected chi connectivity index (χ4v) is 9.49. The molecule has 0 saturated carbocycles. The minimum absolute atomic E-state index is 0.172. The minimum Gasteiger partial charge on any atom is -0.309 e. The van der Waals surface area contributed by atoms with Crippen LogP contribution < -0.4 is 24.5 Å². The second-order valence-corrected chi connectivity index (χ2v) is 17.5. The molecule has 78 heavy (non-hydrogen) atoms. The normalized spacial score (nSPS) is 12.5. The number of rotatable bonds is 6. The van der Waals surface area contributed by atoms with E-state index in [1.807, 2.05) is 174 Å². The van der Waals surface area contributed by atoms with Crippen molar-refractivity contribution in [2.75, 3.05) is 24.5 Å². The number of hydrogen-bond acceptors (Lipinski definition) is 19. The molecule has 0 atom stereocenters. The number of fused-ring (bicyclic) bond motifs is 13. The van der Waals surface area contributed by atoms with E-state index in [2.05, 4.69) is 41.0 Å². The summed E-state index contributed by atoms with van der Waals surface area (Å²) < 4.78 is 2.25. The smallest absolute Gasteiger partial charge is 0.241 e. The zero-order valence-electron chi connectivity index (χ0n) is 40.9. The van der Waals surface area contributed by atoms with Crippen LogP contribution in [-0.4, -0.2) is 74.3 Å². The summed E-state index contributed by atoms with van der Waals surface area (Å²) in [4.78, 5) is 77.9. The van der Waals surface area contributed by atoms with E-state index in [1.165, 1.54) is 31.6 Å². The molecule has 0 saturated heterocycles. The molecule has 0 radical (unpaired) electrons. The van der Waals surface area contributed by atoms with Crippen molar-refractivity contribution in [3.8, 4) is 5.69 Å². The first-order valence-electron chi connectivity index (χ1n) is 24.6. The van der Waals surface area contributed by atoms with Crippen molar-refractivity contribution in [2.24, 2.45) is 0 Å². The third-order valence-corrected chi connectivity index (χ3v) is 12.9. The van der Waals surface area contributed by atoms with E-state index in [0.717, 1.165) is 27.5 Å². The van der Waals surface area contributed by atoms with Gasteiger partial charge in [-0.25, -0.2) is 64.5 Å². The van der Waals surface area contributed by atoms with Crippen molar-refractivity contribution < 1.29 is 0 Å². The third-order valence-electron chi connectivity index (χ3n) is 12.9. The van der Waals surface area contributed by atoms with Gasteiger partial charge >= 0.3 is 0 Å². The van der Waals surface area contributed by atoms with Crippen LogP contribution >= 0.6 is 0 Å². The first-order valence-corrected chi connectivity index (χ1v) is 24.6. The van der Waals surface area contributed by atoms with Crippen molar-refractivity contribution in [1.29, 1.82) is 0 Å². The molecule has 20 heteroatoms. The van der Waals surface area contributed by atoms with E-state index in [-0.39, 0.29) is 47.6 Å². The van der Waals surface area contributed by atoms with Crippen molar-refractivity contribution in [3.63, 3.8) is 0 Å². The molecule has 7 heterocycles. The highest BCUT2D eigenvalue weighted by atomic mass is 15.4. The lowest BCUT2D eigenvalue weighted by atomic mass is 10.1. The molecule has 1 aliphatic heterocycles. The van der Waals surface area contributed by atoms with Gasteiger partial charge < -0.3 is 4.57 Å². The summed E-state index contributed by atoms with van der Waals surface area (Å²) in [5, 5.41) is 2.01. The van der Waals surface area contributed by atoms with Gasteiger partial charge in [0.25, 0.3) is 0 Å². The summed E-state index contributed by atoms with van der Waals surface area (Å²) in [6.45, 7) is 0. The van der Waals surface area contributed by atoms with Crippen molar-refractivity contribution >= 4 is 109 Å². The zero-order valence-corrected chi connectivity index (χ0v) is 40.9. The Morgan fingerprint density at radius 2 is 0.526 bits per heavy atom. The van der Waals surface area contributed by atoms with Gasteiger partial charge in [-0.05, 0) is 84.9 Å². The molecule has 0 aliphatic carbocycles. The quantitative estimate of drug-likeness (QED) is 0.152. The highest BCUT2D eigenvalue weighted by Crippen LogP contribution is 2.42. The highest BCUT2D eigenvalue weighted by Gasteiger charge is 2.30. The number of benzene rings is 7. The zero-order chi connectivity index (χ0) is 51.8. The van der Waals surface area contributed by atoms with E-state index in [0.29, 0.717) is 40.1 Å². The van der Waals surface area contributed by atoms with Crippen LogP contribution in [0.1, 0.15) is 0 Å². The largest absolute Gasteiger partial charge is 0.309 e. The standard InChI is InChI=1S/C58H38N20/c1-6-18-39(19-7-1)73-47-29-17-16-28-45(47)46-32-44(30-31-48(46)73)78-57-67-36-62-52(70-57)75(41-22-10-3-11-23-41)50-33-49(59-34-60-50)74(40-20-8-2-9-21-40)51-61-35-63-53(69-51)76(42-24-12-4-13-25-42)54-64-37-65-55(71-54)77(43-26-14-5-15-27-43)56-66-38-68-58(78)72-56/h1-38H. The molecule has 0 spiro atoms. The van der Waals surface area contributed by atoms with Crippen LogP contribution in [0, 0.1) is 0 Å². The van der Waals surface area contributed by atoms with Crippen LogP contribution in [0.5, 0.6) is 0 Å². The summed E-state index contributed by atoms with van der Waals surface area (Å²) in [5.74, 6) is 2.38. The Bertz CT molecular complexity index is 4080. The molecule has 10 bridgehead atoms. The van der Waals surface area contributed by atoms with E-state index in [9.17, 15) is 0 Å². The summed E-state index contributed by atoms with van der Waals surface area (Å²) in [5.41, 5.74) is 6.40. The predicted molar refractivity (Wildman–Crippen MR) is 297 cm³/mol. The molecule has 0 unspecified atom stereocenters. The SMILES string of the molecule is c1ccc(N2c3cc(ncn3)N(c3ccccc3)c3ncnc(n3)N(c3ccc4c(c3)c3ccccc3n4-c3ccccc3)c3ncnc(n3)N(c3ccccc3)c3ncnc(n3)N(c3ccccc3)c3ncnc2n3)cc1. The van der Waals surface area contributed by atoms with Gasteiger partial charge in [0.2, 0.25) is 47.6 Å². The second-order valence-electron chi connectivity index (χ2n) is 17.5. The number of nitrogens with zero attached hydrogens (tertiary/aromatic N) is 20. The maximum Gasteiger partial charge on any atom is 0.241 e. The van der Waals surface area contributed by atoms with Gasteiger partial charge in [-0.15, -0.1) is 0 Å². The maximum absolute atomic E-state index is 5.28. The van der Waals surface area contributed by atoms with Crippen LogP contribution in [0.2, 0.25) is 0 Å². The summed E-state index contributed by atoms with van der Waals surface area (Å²) in [7, 11) is 0. The van der Waals surface area contributed by atoms with Gasteiger partial charge in [-0.2, -0.15) is 19.9 Å². The molecule has 0 N–H and O–H groups in total. The number of aromatic nitrogens is 15. The topological polar surface area (TPSA) is 202 Å². The molecule has 370 valence electrons. The Hall–Kier alpha value is -11.5.